The Morgan fingerprint density at radius 2 is 1.78 bits per heavy atom. The lowest BCUT2D eigenvalue weighted by atomic mass is 9.46. The molecule has 0 spiro atoms. The standard InChI is InChI=1S/C28H48O7S/c1-15(2)17(4)22(29)13-16(3)21-14-23(30)25-18-7-8-20-26(31)24(35-36(32,33)34)10-12-27(20,5)19(18)9-11-28(21,25)6/h8,15-19,21-26,29-31H,7,9-14H2,1-6H3,(H,32,33,34)/t16-,17+,18-,19+,21-,22-,23-,24+,25-,26-,27-,28-/m1/s1. The largest absolute Gasteiger partial charge is 0.397 e. The van der Waals surface area contributed by atoms with Gasteiger partial charge >= 0.3 is 10.4 Å². The van der Waals surface area contributed by atoms with Crippen LogP contribution in [-0.4, -0.2) is 52.7 Å². The van der Waals surface area contributed by atoms with Crippen molar-refractivity contribution in [2.45, 2.75) is 111 Å². The van der Waals surface area contributed by atoms with E-state index in [2.05, 4.69) is 47.6 Å². The van der Waals surface area contributed by atoms with Gasteiger partial charge in [0.15, 0.2) is 0 Å². The highest BCUT2D eigenvalue weighted by molar-refractivity contribution is 7.80. The van der Waals surface area contributed by atoms with Gasteiger partial charge in [0.05, 0.1) is 12.2 Å². The molecule has 0 aromatic rings. The zero-order valence-corrected chi connectivity index (χ0v) is 23.6. The molecule has 4 N–H and O–H groups in total. The van der Waals surface area contributed by atoms with E-state index >= 15 is 0 Å². The molecule has 0 amide bonds. The summed E-state index contributed by atoms with van der Waals surface area (Å²) in [5, 5.41) is 33.3. The molecule has 4 aliphatic carbocycles. The van der Waals surface area contributed by atoms with E-state index < -0.39 is 22.6 Å². The van der Waals surface area contributed by atoms with Gasteiger partial charge in [-0.3, -0.25) is 4.55 Å². The van der Waals surface area contributed by atoms with Crippen LogP contribution in [0, 0.1) is 52.3 Å². The first-order chi connectivity index (χ1) is 16.6. The predicted octanol–water partition coefficient (Wildman–Crippen LogP) is 4.37. The molecule has 0 unspecified atom stereocenters. The van der Waals surface area contributed by atoms with Crippen molar-refractivity contribution in [3.8, 4) is 0 Å². The molecular formula is C28H48O7S. The average molecular weight is 529 g/mol. The van der Waals surface area contributed by atoms with Gasteiger partial charge in [-0.25, -0.2) is 4.18 Å². The summed E-state index contributed by atoms with van der Waals surface area (Å²) in [6.45, 7) is 13.2. The van der Waals surface area contributed by atoms with E-state index in [1.807, 2.05) is 0 Å². The fraction of sp³-hybridized carbons (Fsp3) is 0.929. The quantitative estimate of drug-likeness (QED) is 0.286. The number of aliphatic hydroxyl groups excluding tert-OH is 3. The zero-order valence-electron chi connectivity index (χ0n) is 22.8. The molecule has 0 aliphatic heterocycles. The Labute approximate surface area is 217 Å². The van der Waals surface area contributed by atoms with Crippen LogP contribution in [0.5, 0.6) is 0 Å². The van der Waals surface area contributed by atoms with Crippen LogP contribution < -0.4 is 0 Å². The molecule has 0 radical (unpaired) electrons. The van der Waals surface area contributed by atoms with Crippen LogP contribution in [0.25, 0.3) is 0 Å². The summed E-state index contributed by atoms with van der Waals surface area (Å²) in [7, 11) is -4.64. The van der Waals surface area contributed by atoms with Crippen molar-refractivity contribution in [1.29, 1.82) is 0 Å². The second-order valence-electron chi connectivity index (χ2n) is 13.5. The van der Waals surface area contributed by atoms with Gasteiger partial charge in [-0.15, -0.1) is 0 Å². The van der Waals surface area contributed by atoms with Crippen LogP contribution in [-0.2, 0) is 14.6 Å². The summed E-state index contributed by atoms with van der Waals surface area (Å²) in [6.07, 6.45) is 4.64. The highest BCUT2D eigenvalue weighted by atomic mass is 32.3. The van der Waals surface area contributed by atoms with Gasteiger partial charge in [0.2, 0.25) is 0 Å². The molecule has 4 rings (SSSR count). The van der Waals surface area contributed by atoms with Crippen LogP contribution in [0.4, 0.5) is 0 Å². The molecule has 3 saturated carbocycles. The van der Waals surface area contributed by atoms with E-state index in [4.69, 9.17) is 8.74 Å². The maximum absolute atomic E-state index is 11.4. The molecule has 0 aromatic carbocycles. The van der Waals surface area contributed by atoms with Crippen LogP contribution >= 0.6 is 0 Å². The fourth-order valence-corrected chi connectivity index (χ4v) is 9.68. The molecule has 0 heterocycles. The van der Waals surface area contributed by atoms with E-state index in [1.54, 1.807) is 0 Å². The first-order valence-corrected chi connectivity index (χ1v) is 15.4. The first kappa shape index (κ1) is 28.5. The predicted molar refractivity (Wildman–Crippen MR) is 138 cm³/mol. The Kier molecular flexibility index (Phi) is 7.84. The number of hydrogen-bond acceptors (Lipinski definition) is 6. The number of aliphatic hydroxyl groups is 3. The number of allylic oxidation sites excluding steroid dienone is 1. The molecule has 4 aliphatic rings. The summed E-state index contributed by atoms with van der Waals surface area (Å²) in [5.74, 6) is 2.12. The Hall–Kier alpha value is -0.510. The van der Waals surface area contributed by atoms with E-state index in [0.29, 0.717) is 42.4 Å². The van der Waals surface area contributed by atoms with Crippen molar-refractivity contribution in [1.82, 2.24) is 0 Å². The van der Waals surface area contributed by atoms with Gasteiger partial charge in [-0.2, -0.15) is 8.42 Å². The van der Waals surface area contributed by atoms with Gasteiger partial charge in [-0.1, -0.05) is 47.6 Å². The van der Waals surface area contributed by atoms with Gasteiger partial charge < -0.3 is 15.3 Å². The Balaban J connectivity index is 1.55. The lowest BCUT2D eigenvalue weighted by Crippen LogP contribution is -2.55. The fourth-order valence-electron chi connectivity index (χ4n) is 9.16. The lowest BCUT2D eigenvalue weighted by Gasteiger charge is -2.59. The molecule has 7 nitrogen and oxygen atoms in total. The van der Waals surface area contributed by atoms with Crippen molar-refractivity contribution < 1.29 is 32.5 Å². The SMILES string of the molecule is CC(C)[C@H](C)[C@H](O)C[C@@H](C)[C@H]1C[C@@H](O)[C@H]2[C@@H]3CC=C4[C@@H](O)[C@@H](OS(=O)(=O)O)CC[C@]4(C)[C@H]3CC[C@@]21C. The second-order valence-corrected chi connectivity index (χ2v) is 14.5. The number of fused-ring (bicyclic) bond motifs is 5. The molecule has 0 aromatic heterocycles. The minimum absolute atomic E-state index is 0.00634. The summed E-state index contributed by atoms with van der Waals surface area (Å²) in [6, 6.07) is 0. The highest BCUT2D eigenvalue weighted by Crippen LogP contribution is 2.67. The van der Waals surface area contributed by atoms with Crippen LogP contribution in [0.1, 0.15) is 86.5 Å². The van der Waals surface area contributed by atoms with Crippen molar-refractivity contribution in [3.63, 3.8) is 0 Å². The Morgan fingerprint density at radius 3 is 2.39 bits per heavy atom. The average Bonchev–Trinajstić information content (AvgIpc) is 3.05. The summed E-state index contributed by atoms with van der Waals surface area (Å²) in [5.41, 5.74) is 0.553. The summed E-state index contributed by atoms with van der Waals surface area (Å²) >= 11 is 0. The third kappa shape index (κ3) is 4.84. The smallest absolute Gasteiger partial charge is 0.393 e. The number of hydrogen-bond donors (Lipinski definition) is 4. The van der Waals surface area contributed by atoms with E-state index in [1.165, 1.54) is 0 Å². The van der Waals surface area contributed by atoms with Crippen molar-refractivity contribution in [2.75, 3.05) is 0 Å². The molecular weight excluding hydrogens is 480 g/mol. The van der Waals surface area contributed by atoms with E-state index in [9.17, 15) is 23.7 Å². The third-order valence-corrected chi connectivity index (χ3v) is 11.9. The molecule has 8 heteroatoms. The molecule has 208 valence electrons. The van der Waals surface area contributed by atoms with Crippen molar-refractivity contribution >= 4 is 10.4 Å². The monoisotopic (exact) mass is 528 g/mol. The van der Waals surface area contributed by atoms with Crippen LogP contribution in [0.15, 0.2) is 11.6 Å². The van der Waals surface area contributed by atoms with Gasteiger partial charge in [0, 0.05) is 0 Å². The van der Waals surface area contributed by atoms with E-state index in [-0.39, 0.29) is 34.9 Å². The van der Waals surface area contributed by atoms with Gasteiger partial charge in [0.25, 0.3) is 0 Å². The Bertz CT molecular complexity index is 948. The Morgan fingerprint density at radius 1 is 1.11 bits per heavy atom. The highest BCUT2D eigenvalue weighted by Gasteiger charge is 2.63. The molecule has 3 fully saturated rings. The lowest BCUT2D eigenvalue weighted by molar-refractivity contribution is -0.0955. The van der Waals surface area contributed by atoms with Crippen LogP contribution in [0.3, 0.4) is 0 Å². The topological polar surface area (TPSA) is 124 Å². The maximum atomic E-state index is 11.4. The first-order valence-electron chi connectivity index (χ1n) is 14.0. The summed E-state index contributed by atoms with van der Waals surface area (Å²) < 4.78 is 36.5. The number of rotatable bonds is 7. The zero-order chi connectivity index (χ0) is 26.8. The molecule has 36 heavy (non-hydrogen) atoms. The van der Waals surface area contributed by atoms with Crippen LogP contribution in [0.2, 0.25) is 0 Å². The molecule has 0 bridgehead atoms. The molecule has 0 saturated heterocycles. The third-order valence-electron chi connectivity index (χ3n) is 11.4. The van der Waals surface area contributed by atoms with E-state index in [0.717, 1.165) is 37.7 Å². The van der Waals surface area contributed by atoms with Gasteiger partial charge in [0.1, 0.15) is 12.2 Å². The minimum atomic E-state index is -4.64. The summed E-state index contributed by atoms with van der Waals surface area (Å²) in [4.78, 5) is 0. The van der Waals surface area contributed by atoms with Gasteiger partial charge in [-0.05, 0) is 103 Å². The molecule has 12 atom stereocenters. The van der Waals surface area contributed by atoms with Crippen molar-refractivity contribution in [2.24, 2.45) is 52.3 Å². The maximum Gasteiger partial charge on any atom is 0.397 e. The normalized spacial score (nSPS) is 45.3. The minimum Gasteiger partial charge on any atom is -0.393 e. The second kappa shape index (κ2) is 9.91. The van der Waals surface area contributed by atoms with Crippen molar-refractivity contribution in [3.05, 3.63) is 11.6 Å².